The quantitative estimate of drug-likeness (QED) is 0.309. The molecule has 0 spiro atoms. The van der Waals surface area contributed by atoms with E-state index >= 15 is 0 Å². The topological polar surface area (TPSA) is 0 Å². The largest absolute Gasteiger partial charge is 0.0839 e. The molecule has 0 amide bonds. The van der Waals surface area contributed by atoms with E-state index in [1.165, 1.54) is 68.9 Å². The molecule has 3 rings (SSSR count). The Labute approximate surface area is 184 Å². The van der Waals surface area contributed by atoms with Crippen LogP contribution in [0.2, 0.25) is 0 Å². The summed E-state index contributed by atoms with van der Waals surface area (Å²) in [6.45, 7) is 4.57. The first-order valence-corrected chi connectivity index (χ1v) is 12.1. The Morgan fingerprint density at radius 1 is 0.800 bits per heavy atom. The summed E-state index contributed by atoms with van der Waals surface area (Å²) >= 11 is 0. The van der Waals surface area contributed by atoms with Gasteiger partial charge in [0.1, 0.15) is 0 Å². The van der Waals surface area contributed by atoms with Gasteiger partial charge in [-0.05, 0) is 66.5 Å². The van der Waals surface area contributed by atoms with Crippen LogP contribution in [0, 0.1) is 23.7 Å². The van der Waals surface area contributed by atoms with Crippen LogP contribution < -0.4 is 0 Å². The van der Waals surface area contributed by atoms with Crippen molar-refractivity contribution in [2.75, 3.05) is 0 Å². The molecular weight excluding hydrogens is 360 g/mol. The number of aryl methyl sites for hydroxylation is 1. The summed E-state index contributed by atoms with van der Waals surface area (Å²) in [5, 5.41) is 0. The Hall–Kier alpha value is -2.26. The highest BCUT2D eigenvalue weighted by atomic mass is 14.2. The molecule has 0 heterocycles. The third kappa shape index (κ3) is 7.53. The van der Waals surface area contributed by atoms with Crippen molar-refractivity contribution in [1.29, 1.82) is 0 Å². The van der Waals surface area contributed by atoms with E-state index in [4.69, 9.17) is 0 Å². The molecule has 0 N–H and O–H groups in total. The van der Waals surface area contributed by atoms with Crippen molar-refractivity contribution in [2.45, 2.75) is 78.1 Å². The number of hydrogen-bond acceptors (Lipinski definition) is 0. The van der Waals surface area contributed by atoms with Crippen molar-refractivity contribution in [3.63, 3.8) is 0 Å². The highest BCUT2D eigenvalue weighted by Gasteiger charge is 2.19. The molecule has 1 fully saturated rings. The second kappa shape index (κ2) is 12.4. The van der Waals surface area contributed by atoms with E-state index in [1.807, 2.05) is 0 Å². The van der Waals surface area contributed by atoms with E-state index in [0.29, 0.717) is 0 Å². The van der Waals surface area contributed by atoms with Crippen LogP contribution in [0.15, 0.2) is 54.6 Å². The van der Waals surface area contributed by atoms with Gasteiger partial charge in [0.2, 0.25) is 0 Å². The SMILES string of the molecule is CCCC/C=C/c1ccc(C#Cc2ccc(CCC3CCC(CC)CC3)cc2)cc1. The van der Waals surface area contributed by atoms with Crippen molar-refractivity contribution in [1.82, 2.24) is 0 Å². The molecule has 0 radical (unpaired) electrons. The van der Waals surface area contributed by atoms with E-state index in [9.17, 15) is 0 Å². The monoisotopic (exact) mass is 398 g/mol. The Morgan fingerprint density at radius 2 is 1.40 bits per heavy atom. The Balaban J connectivity index is 1.46. The predicted octanol–water partition coefficient (Wildman–Crippen LogP) is 8.44. The molecule has 1 saturated carbocycles. The number of rotatable bonds is 8. The van der Waals surface area contributed by atoms with Crippen molar-refractivity contribution < 1.29 is 0 Å². The van der Waals surface area contributed by atoms with Gasteiger partial charge in [-0.2, -0.15) is 0 Å². The molecule has 0 atom stereocenters. The maximum atomic E-state index is 3.32. The molecule has 2 aromatic rings. The molecule has 158 valence electrons. The summed E-state index contributed by atoms with van der Waals surface area (Å²) in [6, 6.07) is 17.5. The van der Waals surface area contributed by atoms with Crippen molar-refractivity contribution in [3.05, 3.63) is 76.9 Å². The first-order chi connectivity index (χ1) is 14.8. The maximum Gasteiger partial charge on any atom is 0.0249 e. The normalized spacial score (nSPS) is 18.9. The molecule has 0 aliphatic heterocycles. The molecule has 0 bridgehead atoms. The zero-order valence-electron chi connectivity index (χ0n) is 19.0. The molecule has 0 heteroatoms. The minimum Gasteiger partial charge on any atom is -0.0839 e. The molecule has 1 aliphatic carbocycles. The van der Waals surface area contributed by atoms with Crippen LogP contribution in [-0.2, 0) is 6.42 Å². The van der Waals surface area contributed by atoms with Gasteiger partial charge in [0.15, 0.2) is 0 Å². The Bertz CT molecular complexity index is 818. The third-order valence-corrected chi connectivity index (χ3v) is 6.64. The summed E-state index contributed by atoms with van der Waals surface area (Å²) in [4.78, 5) is 0. The number of benzene rings is 2. The second-order valence-electron chi connectivity index (χ2n) is 8.95. The van der Waals surface area contributed by atoms with Gasteiger partial charge >= 0.3 is 0 Å². The smallest absolute Gasteiger partial charge is 0.0249 e. The highest BCUT2D eigenvalue weighted by Crippen LogP contribution is 2.33. The number of allylic oxidation sites excluding steroid dienone is 1. The minimum atomic E-state index is 0.941. The highest BCUT2D eigenvalue weighted by molar-refractivity contribution is 5.52. The van der Waals surface area contributed by atoms with Gasteiger partial charge in [-0.1, -0.05) is 107 Å². The van der Waals surface area contributed by atoms with Gasteiger partial charge in [0.05, 0.1) is 0 Å². The molecule has 0 unspecified atom stereocenters. The summed E-state index contributed by atoms with van der Waals surface area (Å²) in [6.07, 6.45) is 17.9. The second-order valence-corrected chi connectivity index (χ2v) is 8.95. The zero-order valence-corrected chi connectivity index (χ0v) is 19.0. The van der Waals surface area contributed by atoms with Crippen molar-refractivity contribution in [2.24, 2.45) is 11.8 Å². The fourth-order valence-corrected chi connectivity index (χ4v) is 4.42. The van der Waals surface area contributed by atoms with Crippen LogP contribution in [0.4, 0.5) is 0 Å². The summed E-state index contributed by atoms with van der Waals surface area (Å²) < 4.78 is 0. The van der Waals surface area contributed by atoms with E-state index in [-0.39, 0.29) is 0 Å². The minimum absolute atomic E-state index is 0.941. The van der Waals surface area contributed by atoms with Gasteiger partial charge < -0.3 is 0 Å². The van der Waals surface area contributed by atoms with Crippen LogP contribution in [0.25, 0.3) is 6.08 Å². The van der Waals surface area contributed by atoms with Gasteiger partial charge in [-0.3, -0.25) is 0 Å². The van der Waals surface area contributed by atoms with Crippen molar-refractivity contribution in [3.8, 4) is 11.8 Å². The average Bonchev–Trinajstić information content (AvgIpc) is 2.81. The maximum absolute atomic E-state index is 3.32. The molecule has 2 aromatic carbocycles. The van der Waals surface area contributed by atoms with Gasteiger partial charge in [0.25, 0.3) is 0 Å². The Kier molecular flexibility index (Phi) is 9.30. The van der Waals surface area contributed by atoms with Crippen LogP contribution in [0.1, 0.15) is 93.9 Å². The van der Waals surface area contributed by atoms with E-state index in [1.54, 1.807) is 0 Å². The lowest BCUT2D eigenvalue weighted by Crippen LogP contribution is -2.14. The summed E-state index contributed by atoms with van der Waals surface area (Å²) in [5.74, 6) is 8.56. The van der Waals surface area contributed by atoms with Gasteiger partial charge in [-0.15, -0.1) is 0 Å². The van der Waals surface area contributed by atoms with E-state index in [0.717, 1.165) is 29.4 Å². The van der Waals surface area contributed by atoms with Crippen LogP contribution in [0.5, 0.6) is 0 Å². The lowest BCUT2D eigenvalue weighted by Gasteiger charge is -2.27. The fourth-order valence-electron chi connectivity index (χ4n) is 4.42. The molecule has 0 aromatic heterocycles. The first kappa shape index (κ1) is 22.4. The molecule has 0 nitrogen and oxygen atoms in total. The Morgan fingerprint density at radius 3 is 2.00 bits per heavy atom. The van der Waals surface area contributed by atoms with E-state index in [2.05, 4.69) is 86.4 Å². The molecule has 30 heavy (non-hydrogen) atoms. The predicted molar refractivity (Wildman–Crippen MR) is 131 cm³/mol. The first-order valence-electron chi connectivity index (χ1n) is 12.1. The zero-order chi connectivity index (χ0) is 21.0. The van der Waals surface area contributed by atoms with Crippen LogP contribution in [-0.4, -0.2) is 0 Å². The van der Waals surface area contributed by atoms with Crippen molar-refractivity contribution >= 4 is 6.08 Å². The number of unbranched alkanes of at least 4 members (excludes halogenated alkanes) is 2. The van der Waals surface area contributed by atoms with Gasteiger partial charge in [-0.25, -0.2) is 0 Å². The summed E-state index contributed by atoms with van der Waals surface area (Å²) in [7, 11) is 0. The third-order valence-electron chi connectivity index (χ3n) is 6.64. The number of hydrogen-bond donors (Lipinski definition) is 0. The molecular formula is C30H38. The molecule has 0 saturated heterocycles. The van der Waals surface area contributed by atoms with E-state index < -0.39 is 0 Å². The average molecular weight is 399 g/mol. The molecule has 1 aliphatic rings. The lowest BCUT2D eigenvalue weighted by molar-refractivity contribution is 0.259. The standard InChI is InChI=1S/C30H38/c1-3-5-6-7-8-26-13-15-28(16-14-26)19-20-30-23-21-29(22-24-30)18-17-27-11-9-25(4-2)10-12-27/h7-8,13-16,21-25,27H,3-6,9-12,17-18H2,1-2H3/b8-7+. The summed E-state index contributed by atoms with van der Waals surface area (Å²) in [5.41, 5.74) is 4.89. The fraction of sp³-hybridized carbons (Fsp3) is 0.467. The van der Waals surface area contributed by atoms with Gasteiger partial charge in [0, 0.05) is 11.1 Å². The van der Waals surface area contributed by atoms with Crippen LogP contribution in [0.3, 0.4) is 0 Å². The lowest BCUT2D eigenvalue weighted by atomic mass is 9.78. The van der Waals surface area contributed by atoms with Crippen LogP contribution >= 0.6 is 0 Å².